The zero-order valence-corrected chi connectivity index (χ0v) is 14.2. The van der Waals surface area contributed by atoms with Crippen molar-refractivity contribution in [3.63, 3.8) is 0 Å². The third-order valence-electron chi connectivity index (χ3n) is 3.71. The molecule has 0 saturated carbocycles. The van der Waals surface area contributed by atoms with Gasteiger partial charge in [-0.3, -0.25) is 9.59 Å². The van der Waals surface area contributed by atoms with Gasteiger partial charge in [0, 0.05) is 24.9 Å². The summed E-state index contributed by atoms with van der Waals surface area (Å²) in [6, 6.07) is 7.95. The van der Waals surface area contributed by atoms with E-state index in [1.165, 1.54) is 0 Å². The molecule has 0 spiro atoms. The number of nitrogens with zero attached hydrogens (tertiary/aromatic N) is 2. The zero-order chi connectivity index (χ0) is 18.4. The molecule has 0 saturated heterocycles. The molecule has 2 aromatic rings. The summed E-state index contributed by atoms with van der Waals surface area (Å²) in [4.78, 5) is 26.4. The molecule has 0 unspecified atom stereocenters. The highest BCUT2D eigenvalue weighted by molar-refractivity contribution is 5.86. The molecular formula is C18H20N4O3. The number of pyridine rings is 1. The number of carboxylic acid groups (broad SMARTS) is 1. The summed E-state index contributed by atoms with van der Waals surface area (Å²) in [5.74, 6) is -0.847. The van der Waals surface area contributed by atoms with Gasteiger partial charge in [0.25, 0.3) is 0 Å². The van der Waals surface area contributed by atoms with Gasteiger partial charge in [0.05, 0.1) is 17.5 Å². The maximum absolute atomic E-state index is 11.5. The number of fused-ring (bicyclic) bond motifs is 1. The maximum Gasteiger partial charge on any atom is 0.303 e. The molecule has 0 aliphatic heterocycles. The van der Waals surface area contributed by atoms with Gasteiger partial charge in [-0.2, -0.15) is 5.26 Å². The number of nitriles is 1. The van der Waals surface area contributed by atoms with E-state index in [9.17, 15) is 14.9 Å². The SMILES string of the molecule is Cc1cc(C)c2cc(C#N)c(NCCNC(=O)CCC(=O)O)nc2c1. The van der Waals surface area contributed by atoms with Crippen molar-refractivity contribution in [2.24, 2.45) is 0 Å². The Morgan fingerprint density at radius 1 is 1.20 bits per heavy atom. The molecule has 0 atom stereocenters. The minimum absolute atomic E-state index is 0.0500. The van der Waals surface area contributed by atoms with Gasteiger partial charge in [0.1, 0.15) is 11.9 Å². The predicted molar refractivity (Wildman–Crippen MR) is 94.3 cm³/mol. The zero-order valence-electron chi connectivity index (χ0n) is 14.2. The van der Waals surface area contributed by atoms with Crippen molar-refractivity contribution >= 4 is 28.6 Å². The summed E-state index contributed by atoms with van der Waals surface area (Å²) in [5.41, 5.74) is 3.41. The molecule has 1 heterocycles. The molecule has 7 heteroatoms. The number of anilines is 1. The first kappa shape index (κ1) is 18.2. The van der Waals surface area contributed by atoms with Crippen LogP contribution in [0, 0.1) is 25.2 Å². The van der Waals surface area contributed by atoms with E-state index in [1.54, 1.807) is 0 Å². The Morgan fingerprint density at radius 2 is 1.96 bits per heavy atom. The highest BCUT2D eigenvalue weighted by Gasteiger charge is 2.09. The molecule has 2 rings (SSSR count). The number of carbonyl (C=O) groups is 2. The predicted octanol–water partition coefficient (Wildman–Crippen LogP) is 2.12. The monoisotopic (exact) mass is 340 g/mol. The number of aromatic nitrogens is 1. The molecule has 1 aromatic carbocycles. The van der Waals surface area contributed by atoms with Gasteiger partial charge in [0.2, 0.25) is 5.91 Å². The molecule has 0 radical (unpaired) electrons. The lowest BCUT2D eigenvalue weighted by Crippen LogP contribution is -2.29. The van der Waals surface area contributed by atoms with Crippen LogP contribution in [-0.2, 0) is 9.59 Å². The highest BCUT2D eigenvalue weighted by Crippen LogP contribution is 2.24. The second kappa shape index (κ2) is 8.11. The Bertz CT molecular complexity index is 856. The fourth-order valence-corrected chi connectivity index (χ4v) is 2.54. The average Bonchev–Trinajstić information content (AvgIpc) is 2.56. The van der Waals surface area contributed by atoms with Gasteiger partial charge in [-0.25, -0.2) is 4.98 Å². The van der Waals surface area contributed by atoms with E-state index in [0.717, 1.165) is 22.0 Å². The Balaban J connectivity index is 2.02. The minimum Gasteiger partial charge on any atom is -0.481 e. The third kappa shape index (κ3) is 4.91. The van der Waals surface area contributed by atoms with Gasteiger partial charge >= 0.3 is 5.97 Å². The number of benzene rings is 1. The first-order chi connectivity index (χ1) is 11.9. The number of hydrogen-bond donors (Lipinski definition) is 3. The lowest BCUT2D eigenvalue weighted by Gasteiger charge is -2.11. The summed E-state index contributed by atoms with van der Waals surface area (Å²) < 4.78 is 0. The van der Waals surface area contributed by atoms with Gasteiger partial charge in [-0.15, -0.1) is 0 Å². The van der Waals surface area contributed by atoms with Crippen LogP contribution in [0.3, 0.4) is 0 Å². The Kier molecular flexibility index (Phi) is 5.90. The molecule has 1 aromatic heterocycles. The molecule has 7 nitrogen and oxygen atoms in total. The summed E-state index contributed by atoms with van der Waals surface area (Å²) in [6.07, 6.45) is -0.242. The van der Waals surface area contributed by atoms with Gasteiger partial charge in [0.15, 0.2) is 0 Å². The normalized spacial score (nSPS) is 10.3. The fraction of sp³-hybridized carbons (Fsp3) is 0.333. The second-order valence-electron chi connectivity index (χ2n) is 5.82. The number of aliphatic carboxylic acids is 1. The van der Waals surface area contributed by atoms with Crippen LogP contribution in [-0.4, -0.2) is 35.1 Å². The summed E-state index contributed by atoms with van der Waals surface area (Å²) in [6.45, 7) is 4.68. The van der Waals surface area contributed by atoms with Crippen LogP contribution in [0.5, 0.6) is 0 Å². The Morgan fingerprint density at radius 3 is 2.64 bits per heavy atom. The molecule has 0 bridgehead atoms. The van der Waals surface area contributed by atoms with E-state index in [1.807, 2.05) is 32.0 Å². The summed E-state index contributed by atoms with van der Waals surface area (Å²) >= 11 is 0. The van der Waals surface area contributed by atoms with Crippen molar-refractivity contribution in [2.45, 2.75) is 26.7 Å². The lowest BCUT2D eigenvalue weighted by atomic mass is 10.0. The number of nitrogens with one attached hydrogen (secondary N) is 2. The van der Waals surface area contributed by atoms with Crippen LogP contribution in [0.4, 0.5) is 5.82 Å². The number of hydrogen-bond acceptors (Lipinski definition) is 5. The lowest BCUT2D eigenvalue weighted by molar-refractivity contribution is -0.138. The summed E-state index contributed by atoms with van der Waals surface area (Å²) in [5, 5.41) is 24.5. The molecular weight excluding hydrogens is 320 g/mol. The molecule has 25 heavy (non-hydrogen) atoms. The average molecular weight is 340 g/mol. The number of rotatable bonds is 7. The van der Waals surface area contributed by atoms with Gasteiger partial charge < -0.3 is 15.7 Å². The van der Waals surface area contributed by atoms with Crippen LogP contribution >= 0.6 is 0 Å². The highest BCUT2D eigenvalue weighted by atomic mass is 16.4. The van der Waals surface area contributed by atoms with Crippen molar-refractivity contribution in [1.82, 2.24) is 10.3 Å². The van der Waals surface area contributed by atoms with Crippen LogP contribution in [0.15, 0.2) is 18.2 Å². The maximum atomic E-state index is 11.5. The summed E-state index contributed by atoms with van der Waals surface area (Å²) in [7, 11) is 0. The molecule has 0 aliphatic carbocycles. The van der Waals surface area contributed by atoms with Crippen molar-refractivity contribution < 1.29 is 14.7 Å². The van der Waals surface area contributed by atoms with Crippen molar-refractivity contribution in [2.75, 3.05) is 18.4 Å². The third-order valence-corrected chi connectivity index (χ3v) is 3.71. The second-order valence-corrected chi connectivity index (χ2v) is 5.82. The van der Waals surface area contributed by atoms with Crippen molar-refractivity contribution in [3.8, 4) is 6.07 Å². The van der Waals surface area contributed by atoms with E-state index >= 15 is 0 Å². The van der Waals surface area contributed by atoms with Crippen LogP contribution in [0.25, 0.3) is 10.9 Å². The van der Waals surface area contributed by atoms with E-state index in [-0.39, 0.29) is 18.7 Å². The Labute approximate surface area is 145 Å². The molecule has 1 amide bonds. The molecule has 0 fully saturated rings. The molecule has 0 aliphatic rings. The van der Waals surface area contributed by atoms with E-state index in [4.69, 9.17) is 5.11 Å². The minimum atomic E-state index is -1.00. The quantitative estimate of drug-likeness (QED) is 0.665. The number of carboxylic acids is 1. The van der Waals surface area contributed by atoms with E-state index < -0.39 is 5.97 Å². The number of carbonyl (C=O) groups excluding carboxylic acids is 1. The van der Waals surface area contributed by atoms with Gasteiger partial charge in [-0.05, 0) is 37.1 Å². The van der Waals surface area contributed by atoms with E-state index in [0.29, 0.717) is 24.5 Å². The van der Waals surface area contributed by atoms with Gasteiger partial charge in [-0.1, -0.05) is 6.07 Å². The smallest absolute Gasteiger partial charge is 0.303 e. The first-order valence-electron chi connectivity index (χ1n) is 7.95. The van der Waals surface area contributed by atoms with Crippen LogP contribution < -0.4 is 10.6 Å². The standard InChI is InChI=1S/C18H20N4O3/c1-11-7-12(2)14-9-13(10-19)18(22-15(14)8-11)21-6-5-20-16(23)3-4-17(24)25/h7-9H,3-6H2,1-2H3,(H,20,23)(H,21,22)(H,24,25). The molecule has 3 N–H and O–H groups in total. The first-order valence-corrected chi connectivity index (χ1v) is 7.95. The Hall–Kier alpha value is -3.14. The topological polar surface area (TPSA) is 115 Å². The van der Waals surface area contributed by atoms with E-state index in [2.05, 4.69) is 21.7 Å². The van der Waals surface area contributed by atoms with Crippen molar-refractivity contribution in [1.29, 1.82) is 5.26 Å². The van der Waals surface area contributed by atoms with Crippen LogP contribution in [0.1, 0.15) is 29.5 Å². The largest absolute Gasteiger partial charge is 0.481 e. The number of amides is 1. The fourth-order valence-electron chi connectivity index (χ4n) is 2.54. The van der Waals surface area contributed by atoms with Crippen molar-refractivity contribution in [3.05, 3.63) is 34.9 Å². The number of aryl methyl sites for hydroxylation is 2. The molecule has 130 valence electrons. The van der Waals surface area contributed by atoms with Crippen LogP contribution in [0.2, 0.25) is 0 Å².